The number of carbonyl (C=O) groups excluding carboxylic acids is 1. The SMILES string of the molecule is CC(C)CS(=O)(=O)Nc1ccccc1C(=O)NCCc1ccccc1. The fourth-order valence-corrected chi connectivity index (χ4v) is 3.95. The Morgan fingerprint density at radius 1 is 1.00 bits per heavy atom. The molecule has 134 valence electrons. The minimum Gasteiger partial charge on any atom is -0.352 e. The van der Waals surface area contributed by atoms with Crippen LogP contribution in [-0.4, -0.2) is 26.6 Å². The van der Waals surface area contributed by atoms with Gasteiger partial charge in [0.25, 0.3) is 5.91 Å². The number of para-hydroxylation sites is 1. The molecule has 0 aliphatic heterocycles. The van der Waals surface area contributed by atoms with Crippen molar-refractivity contribution >= 4 is 21.6 Å². The molecule has 2 aromatic rings. The molecule has 5 nitrogen and oxygen atoms in total. The van der Waals surface area contributed by atoms with E-state index in [1.807, 2.05) is 44.2 Å². The maximum atomic E-state index is 12.4. The van der Waals surface area contributed by atoms with Crippen LogP contribution in [0.4, 0.5) is 5.69 Å². The van der Waals surface area contributed by atoms with Crippen LogP contribution in [0, 0.1) is 5.92 Å². The van der Waals surface area contributed by atoms with Crippen LogP contribution in [0.1, 0.15) is 29.8 Å². The highest BCUT2D eigenvalue weighted by Gasteiger charge is 2.17. The van der Waals surface area contributed by atoms with Gasteiger partial charge in [0.05, 0.1) is 17.0 Å². The topological polar surface area (TPSA) is 75.3 Å². The molecule has 0 fully saturated rings. The van der Waals surface area contributed by atoms with Crippen molar-refractivity contribution in [2.24, 2.45) is 5.92 Å². The van der Waals surface area contributed by atoms with Crippen LogP contribution in [0.2, 0.25) is 0 Å². The van der Waals surface area contributed by atoms with Crippen molar-refractivity contribution < 1.29 is 13.2 Å². The van der Waals surface area contributed by atoms with Crippen LogP contribution in [0.15, 0.2) is 54.6 Å². The van der Waals surface area contributed by atoms with Crippen LogP contribution in [-0.2, 0) is 16.4 Å². The van der Waals surface area contributed by atoms with E-state index in [0.29, 0.717) is 24.2 Å². The lowest BCUT2D eigenvalue weighted by Crippen LogP contribution is -2.28. The molecule has 0 aromatic heterocycles. The molecular weight excluding hydrogens is 336 g/mol. The Morgan fingerprint density at radius 3 is 2.32 bits per heavy atom. The van der Waals surface area contributed by atoms with Gasteiger partial charge in [-0.1, -0.05) is 56.3 Å². The number of anilines is 1. The van der Waals surface area contributed by atoms with E-state index < -0.39 is 10.0 Å². The van der Waals surface area contributed by atoms with Gasteiger partial charge in [-0.3, -0.25) is 9.52 Å². The van der Waals surface area contributed by atoms with Gasteiger partial charge in [-0.25, -0.2) is 8.42 Å². The fourth-order valence-electron chi connectivity index (χ4n) is 2.48. The highest BCUT2D eigenvalue weighted by Crippen LogP contribution is 2.17. The van der Waals surface area contributed by atoms with Gasteiger partial charge in [-0.2, -0.15) is 0 Å². The van der Waals surface area contributed by atoms with Crippen LogP contribution in [0.25, 0.3) is 0 Å². The molecule has 0 atom stereocenters. The van der Waals surface area contributed by atoms with Crippen LogP contribution >= 0.6 is 0 Å². The first-order valence-electron chi connectivity index (χ1n) is 8.29. The Kier molecular flexibility index (Phi) is 6.58. The molecule has 0 spiro atoms. The minimum atomic E-state index is -3.48. The summed E-state index contributed by atoms with van der Waals surface area (Å²) in [6.07, 6.45) is 0.716. The molecule has 0 saturated heterocycles. The zero-order valence-electron chi connectivity index (χ0n) is 14.5. The molecular formula is C19H24N2O3S. The summed E-state index contributed by atoms with van der Waals surface area (Å²) in [6.45, 7) is 4.15. The van der Waals surface area contributed by atoms with Gasteiger partial charge >= 0.3 is 0 Å². The quantitative estimate of drug-likeness (QED) is 0.760. The Hall–Kier alpha value is -2.34. The fraction of sp³-hybridized carbons (Fsp3) is 0.316. The summed E-state index contributed by atoms with van der Waals surface area (Å²) in [5.74, 6) is -0.278. The molecule has 25 heavy (non-hydrogen) atoms. The molecule has 0 heterocycles. The van der Waals surface area contributed by atoms with Crippen molar-refractivity contribution in [1.82, 2.24) is 5.32 Å². The van der Waals surface area contributed by atoms with Crippen LogP contribution < -0.4 is 10.0 Å². The summed E-state index contributed by atoms with van der Waals surface area (Å²) in [5, 5.41) is 2.84. The first kappa shape index (κ1) is 19.0. The van der Waals surface area contributed by atoms with Gasteiger partial charge in [0.15, 0.2) is 0 Å². The average molecular weight is 360 g/mol. The van der Waals surface area contributed by atoms with Crippen molar-refractivity contribution in [3.8, 4) is 0 Å². The number of hydrogen-bond donors (Lipinski definition) is 2. The summed E-state index contributed by atoms with van der Waals surface area (Å²) in [4.78, 5) is 12.4. The normalized spacial score (nSPS) is 11.3. The molecule has 0 saturated carbocycles. The Bertz CT molecular complexity index is 802. The molecule has 0 aliphatic rings. The summed E-state index contributed by atoms with van der Waals surface area (Å²) >= 11 is 0. The molecule has 2 rings (SSSR count). The summed E-state index contributed by atoms with van der Waals surface area (Å²) in [5.41, 5.74) is 1.76. The second kappa shape index (κ2) is 8.67. The lowest BCUT2D eigenvalue weighted by Gasteiger charge is -2.13. The number of hydrogen-bond acceptors (Lipinski definition) is 3. The predicted octanol–water partition coefficient (Wildman–Crippen LogP) is 3.06. The van der Waals surface area contributed by atoms with E-state index in [0.717, 1.165) is 5.56 Å². The highest BCUT2D eigenvalue weighted by atomic mass is 32.2. The molecule has 1 amide bonds. The molecule has 0 unspecified atom stereocenters. The van der Waals surface area contributed by atoms with E-state index in [9.17, 15) is 13.2 Å². The van der Waals surface area contributed by atoms with Crippen molar-refractivity contribution in [3.05, 3.63) is 65.7 Å². The Morgan fingerprint density at radius 2 is 1.64 bits per heavy atom. The number of sulfonamides is 1. The van der Waals surface area contributed by atoms with E-state index in [-0.39, 0.29) is 17.6 Å². The zero-order chi connectivity index (χ0) is 18.3. The maximum Gasteiger partial charge on any atom is 0.253 e. The lowest BCUT2D eigenvalue weighted by atomic mass is 10.1. The molecule has 0 aliphatic carbocycles. The van der Waals surface area contributed by atoms with Gasteiger partial charge in [-0.05, 0) is 30.0 Å². The average Bonchev–Trinajstić information content (AvgIpc) is 2.54. The zero-order valence-corrected chi connectivity index (χ0v) is 15.3. The van der Waals surface area contributed by atoms with Crippen LogP contribution in [0.5, 0.6) is 0 Å². The first-order chi connectivity index (χ1) is 11.9. The van der Waals surface area contributed by atoms with Crippen molar-refractivity contribution in [3.63, 3.8) is 0 Å². The third-order valence-corrected chi connectivity index (χ3v) is 5.17. The standard InChI is InChI=1S/C19H24N2O3S/c1-15(2)14-25(23,24)21-18-11-7-6-10-17(18)19(22)20-13-12-16-8-4-3-5-9-16/h3-11,15,21H,12-14H2,1-2H3,(H,20,22). The van der Waals surface area contributed by atoms with E-state index in [1.54, 1.807) is 24.3 Å². The number of benzene rings is 2. The van der Waals surface area contributed by atoms with E-state index in [2.05, 4.69) is 10.0 Å². The lowest BCUT2D eigenvalue weighted by molar-refractivity contribution is 0.0955. The van der Waals surface area contributed by atoms with Gasteiger partial charge in [-0.15, -0.1) is 0 Å². The van der Waals surface area contributed by atoms with Gasteiger partial charge < -0.3 is 5.32 Å². The second-order valence-electron chi connectivity index (χ2n) is 6.31. The number of carbonyl (C=O) groups is 1. The third-order valence-electron chi connectivity index (χ3n) is 3.53. The van der Waals surface area contributed by atoms with Gasteiger partial charge in [0.2, 0.25) is 10.0 Å². The molecule has 2 aromatic carbocycles. The van der Waals surface area contributed by atoms with Crippen LogP contribution in [0.3, 0.4) is 0 Å². The first-order valence-corrected chi connectivity index (χ1v) is 9.94. The Labute approximate surface area is 149 Å². The van der Waals surface area contributed by atoms with Crippen molar-refractivity contribution in [2.45, 2.75) is 20.3 Å². The number of amides is 1. The summed E-state index contributed by atoms with van der Waals surface area (Å²) in [6, 6.07) is 16.5. The van der Waals surface area contributed by atoms with E-state index in [4.69, 9.17) is 0 Å². The predicted molar refractivity (Wildman–Crippen MR) is 101 cm³/mol. The van der Waals surface area contributed by atoms with E-state index >= 15 is 0 Å². The third kappa shape index (κ3) is 6.23. The largest absolute Gasteiger partial charge is 0.352 e. The molecule has 2 N–H and O–H groups in total. The van der Waals surface area contributed by atoms with E-state index in [1.165, 1.54) is 0 Å². The summed E-state index contributed by atoms with van der Waals surface area (Å²) in [7, 11) is -3.48. The van der Waals surface area contributed by atoms with Gasteiger partial charge in [0.1, 0.15) is 0 Å². The molecule has 0 radical (unpaired) electrons. The highest BCUT2D eigenvalue weighted by molar-refractivity contribution is 7.92. The molecule has 0 bridgehead atoms. The minimum absolute atomic E-state index is 0.00404. The van der Waals surface area contributed by atoms with Crippen molar-refractivity contribution in [2.75, 3.05) is 17.0 Å². The van der Waals surface area contributed by atoms with Crippen molar-refractivity contribution in [1.29, 1.82) is 0 Å². The maximum absolute atomic E-state index is 12.4. The number of rotatable bonds is 8. The second-order valence-corrected chi connectivity index (χ2v) is 8.08. The monoisotopic (exact) mass is 360 g/mol. The summed E-state index contributed by atoms with van der Waals surface area (Å²) < 4.78 is 26.8. The number of nitrogens with one attached hydrogen (secondary N) is 2. The smallest absolute Gasteiger partial charge is 0.253 e. The molecule has 6 heteroatoms. The Balaban J connectivity index is 2.02. The van der Waals surface area contributed by atoms with Gasteiger partial charge in [0, 0.05) is 6.54 Å².